The second-order valence-corrected chi connectivity index (χ2v) is 4.77. The highest BCUT2D eigenvalue weighted by atomic mass is 35.5. The van der Waals surface area contributed by atoms with Gasteiger partial charge in [-0.15, -0.1) is 0 Å². The number of carbonyl (C=O) groups excluding carboxylic acids is 1. The van der Waals surface area contributed by atoms with Crippen molar-refractivity contribution in [3.63, 3.8) is 0 Å². The maximum atomic E-state index is 13.7. The van der Waals surface area contributed by atoms with E-state index in [-0.39, 0.29) is 5.69 Å². The number of hydrogen-bond acceptors (Lipinski definition) is 3. The van der Waals surface area contributed by atoms with E-state index in [1.807, 2.05) is 0 Å². The van der Waals surface area contributed by atoms with Gasteiger partial charge in [0.1, 0.15) is 5.82 Å². The zero-order valence-electron chi connectivity index (χ0n) is 10.9. The topological polar surface area (TPSA) is 72.2 Å². The first-order valence-corrected chi connectivity index (χ1v) is 6.27. The minimum absolute atomic E-state index is 0.357. The molecule has 0 fully saturated rings. The predicted molar refractivity (Wildman–Crippen MR) is 77.2 cm³/mol. The van der Waals surface area contributed by atoms with E-state index in [2.05, 4.69) is 5.32 Å². The monoisotopic (exact) mass is 308 g/mol. The van der Waals surface area contributed by atoms with Crippen LogP contribution in [0.15, 0.2) is 36.4 Å². The standard InChI is InChI=1S/C14H10ClFN2O3/c1-8-2-3-9(15)6-13(8)17-14(19)11-7-10(18(20)21)4-5-12(11)16/h2-7H,1H3,(H,17,19). The lowest BCUT2D eigenvalue weighted by Crippen LogP contribution is -2.15. The fourth-order valence-corrected chi connectivity index (χ4v) is 1.89. The highest BCUT2D eigenvalue weighted by Crippen LogP contribution is 2.22. The number of carbonyl (C=O) groups is 1. The summed E-state index contributed by atoms with van der Waals surface area (Å²) >= 11 is 5.83. The summed E-state index contributed by atoms with van der Waals surface area (Å²) in [5.74, 6) is -1.61. The number of nitrogens with zero attached hydrogens (tertiary/aromatic N) is 1. The quantitative estimate of drug-likeness (QED) is 0.689. The molecule has 0 radical (unpaired) electrons. The summed E-state index contributed by atoms with van der Waals surface area (Å²) in [6, 6.07) is 7.64. The minimum Gasteiger partial charge on any atom is -0.322 e. The number of nitro groups is 1. The van der Waals surface area contributed by atoms with Crippen LogP contribution in [0.5, 0.6) is 0 Å². The van der Waals surface area contributed by atoms with Crippen LogP contribution < -0.4 is 5.32 Å². The maximum Gasteiger partial charge on any atom is 0.270 e. The van der Waals surface area contributed by atoms with Gasteiger partial charge in [-0.05, 0) is 30.7 Å². The van der Waals surface area contributed by atoms with E-state index in [1.165, 1.54) is 6.07 Å². The molecule has 1 N–H and O–H groups in total. The first-order chi connectivity index (χ1) is 9.88. The Morgan fingerprint density at radius 1 is 1.29 bits per heavy atom. The Morgan fingerprint density at radius 2 is 2.00 bits per heavy atom. The molecule has 108 valence electrons. The van der Waals surface area contributed by atoms with Crippen molar-refractivity contribution in [3.05, 3.63) is 68.5 Å². The molecule has 0 saturated heterocycles. The Balaban J connectivity index is 2.34. The molecule has 0 aliphatic heterocycles. The summed E-state index contributed by atoms with van der Waals surface area (Å²) in [6.07, 6.45) is 0. The van der Waals surface area contributed by atoms with Crippen molar-refractivity contribution in [2.24, 2.45) is 0 Å². The second-order valence-electron chi connectivity index (χ2n) is 4.33. The van der Waals surface area contributed by atoms with Crippen molar-refractivity contribution in [1.29, 1.82) is 0 Å². The van der Waals surface area contributed by atoms with Gasteiger partial charge in [0.25, 0.3) is 11.6 Å². The molecular weight excluding hydrogens is 299 g/mol. The molecular formula is C14H10ClFN2O3. The molecule has 2 rings (SSSR count). The summed E-state index contributed by atoms with van der Waals surface area (Å²) in [5, 5.41) is 13.6. The zero-order valence-corrected chi connectivity index (χ0v) is 11.6. The van der Waals surface area contributed by atoms with Crippen molar-refractivity contribution < 1.29 is 14.1 Å². The van der Waals surface area contributed by atoms with Crippen molar-refractivity contribution in [2.75, 3.05) is 5.32 Å². The largest absolute Gasteiger partial charge is 0.322 e. The highest BCUT2D eigenvalue weighted by molar-refractivity contribution is 6.31. The minimum atomic E-state index is -0.835. The Bertz CT molecular complexity index is 734. The summed E-state index contributed by atoms with van der Waals surface area (Å²) in [5.41, 5.74) is 0.393. The summed E-state index contributed by atoms with van der Waals surface area (Å²) in [6.45, 7) is 1.75. The normalized spacial score (nSPS) is 10.2. The van der Waals surface area contributed by atoms with E-state index >= 15 is 0 Å². The number of amides is 1. The van der Waals surface area contributed by atoms with E-state index in [0.717, 1.165) is 23.8 Å². The van der Waals surface area contributed by atoms with Gasteiger partial charge >= 0.3 is 0 Å². The number of halogens is 2. The van der Waals surface area contributed by atoms with E-state index in [1.54, 1.807) is 19.1 Å². The van der Waals surface area contributed by atoms with E-state index in [9.17, 15) is 19.3 Å². The van der Waals surface area contributed by atoms with Crippen molar-refractivity contribution in [2.45, 2.75) is 6.92 Å². The Hall–Kier alpha value is -2.47. The summed E-state index contributed by atoms with van der Waals surface area (Å²) in [7, 11) is 0. The molecule has 1 amide bonds. The lowest BCUT2D eigenvalue weighted by atomic mass is 10.1. The van der Waals surface area contributed by atoms with Gasteiger partial charge in [0.05, 0.1) is 10.5 Å². The van der Waals surface area contributed by atoms with E-state index in [0.29, 0.717) is 10.7 Å². The summed E-state index contributed by atoms with van der Waals surface area (Å²) < 4.78 is 13.7. The number of nitrogens with one attached hydrogen (secondary N) is 1. The van der Waals surface area contributed by atoms with Crippen molar-refractivity contribution >= 4 is 28.9 Å². The van der Waals surface area contributed by atoms with Crippen LogP contribution in [0.1, 0.15) is 15.9 Å². The van der Waals surface area contributed by atoms with E-state index in [4.69, 9.17) is 11.6 Å². The SMILES string of the molecule is Cc1ccc(Cl)cc1NC(=O)c1cc([N+](=O)[O-])ccc1F. The smallest absolute Gasteiger partial charge is 0.270 e. The number of benzene rings is 2. The molecule has 21 heavy (non-hydrogen) atoms. The molecule has 0 saturated carbocycles. The fourth-order valence-electron chi connectivity index (χ4n) is 1.72. The average Bonchev–Trinajstić information content (AvgIpc) is 2.43. The molecule has 0 aliphatic rings. The van der Waals surface area contributed by atoms with Crippen LogP contribution in [-0.2, 0) is 0 Å². The van der Waals surface area contributed by atoms with Gasteiger partial charge in [-0.25, -0.2) is 4.39 Å². The van der Waals surface area contributed by atoms with E-state index < -0.39 is 22.2 Å². The highest BCUT2D eigenvalue weighted by Gasteiger charge is 2.17. The molecule has 0 heterocycles. The molecule has 2 aromatic carbocycles. The Kier molecular flexibility index (Phi) is 4.18. The van der Waals surface area contributed by atoms with Crippen LogP contribution in [0.25, 0.3) is 0 Å². The van der Waals surface area contributed by atoms with Crippen molar-refractivity contribution in [3.8, 4) is 0 Å². The molecule has 0 aliphatic carbocycles. The van der Waals surface area contributed by atoms with Crippen LogP contribution in [0.4, 0.5) is 15.8 Å². The molecule has 5 nitrogen and oxygen atoms in total. The molecule has 2 aromatic rings. The number of nitro benzene ring substituents is 1. The van der Waals surface area contributed by atoms with Gasteiger partial charge in [0.15, 0.2) is 0 Å². The molecule has 0 bridgehead atoms. The number of non-ortho nitro benzene ring substituents is 1. The number of aryl methyl sites for hydroxylation is 1. The second kappa shape index (κ2) is 5.88. The van der Waals surface area contributed by atoms with Gasteiger partial charge in [-0.2, -0.15) is 0 Å². The van der Waals surface area contributed by atoms with Gasteiger partial charge in [0, 0.05) is 22.8 Å². The first kappa shape index (κ1) is 14.9. The number of anilines is 1. The van der Waals surface area contributed by atoms with Crippen molar-refractivity contribution in [1.82, 2.24) is 0 Å². The van der Waals surface area contributed by atoms with Crippen LogP contribution >= 0.6 is 11.6 Å². The average molecular weight is 309 g/mol. The predicted octanol–water partition coefficient (Wildman–Crippen LogP) is 3.95. The van der Waals surface area contributed by atoms with Gasteiger partial charge in [-0.3, -0.25) is 14.9 Å². The molecule has 7 heteroatoms. The van der Waals surface area contributed by atoms with Gasteiger partial charge in [-0.1, -0.05) is 17.7 Å². The summed E-state index contributed by atoms with van der Waals surface area (Å²) in [4.78, 5) is 22.0. The molecule has 0 aromatic heterocycles. The number of hydrogen-bond donors (Lipinski definition) is 1. The van der Waals surface area contributed by atoms with Gasteiger partial charge in [0.2, 0.25) is 0 Å². The Morgan fingerprint density at radius 3 is 2.67 bits per heavy atom. The Labute approximate surface area is 124 Å². The van der Waals surface area contributed by atoms with Crippen LogP contribution in [0, 0.1) is 22.9 Å². The molecule has 0 atom stereocenters. The zero-order chi connectivity index (χ0) is 15.6. The van der Waals surface area contributed by atoms with Gasteiger partial charge < -0.3 is 5.32 Å². The fraction of sp³-hybridized carbons (Fsp3) is 0.0714. The third kappa shape index (κ3) is 3.35. The third-order valence-corrected chi connectivity index (χ3v) is 3.09. The molecule has 0 unspecified atom stereocenters. The van der Waals surface area contributed by atoms with Crippen LogP contribution in [-0.4, -0.2) is 10.8 Å². The lowest BCUT2D eigenvalue weighted by molar-refractivity contribution is -0.384. The molecule has 0 spiro atoms. The van der Waals surface area contributed by atoms with Crippen LogP contribution in [0.2, 0.25) is 5.02 Å². The third-order valence-electron chi connectivity index (χ3n) is 2.85. The lowest BCUT2D eigenvalue weighted by Gasteiger charge is -2.09. The van der Waals surface area contributed by atoms with Crippen LogP contribution in [0.3, 0.4) is 0 Å². The maximum absolute atomic E-state index is 13.7. The first-order valence-electron chi connectivity index (χ1n) is 5.90. The number of rotatable bonds is 3.